The van der Waals surface area contributed by atoms with Crippen LogP contribution in [0.2, 0.25) is 0 Å². The van der Waals surface area contributed by atoms with Crippen LogP contribution in [-0.2, 0) is 11.2 Å². The molecule has 3 rings (SSSR count). The summed E-state index contributed by atoms with van der Waals surface area (Å²) < 4.78 is 5.90. The Labute approximate surface area is 183 Å². The summed E-state index contributed by atoms with van der Waals surface area (Å²) in [5.74, 6) is 1.61. The van der Waals surface area contributed by atoms with E-state index in [2.05, 4.69) is 17.2 Å². The topological polar surface area (TPSA) is 51.2 Å². The van der Waals surface area contributed by atoms with Crippen LogP contribution in [0, 0.1) is 5.92 Å². The summed E-state index contributed by atoms with van der Waals surface area (Å²) >= 11 is 0. The number of ether oxygens (including phenoxy) is 1. The second-order valence-electron chi connectivity index (χ2n) is 9.23. The van der Waals surface area contributed by atoms with Crippen LogP contribution in [0.3, 0.4) is 0 Å². The van der Waals surface area contributed by atoms with Crippen LogP contribution < -0.4 is 10.1 Å². The molecule has 2 fully saturated rings. The molecule has 0 spiro atoms. The summed E-state index contributed by atoms with van der Waals surface area (Å²) in [6.45, 7) is 4.82. The summed E-state index contributed by atoms with van der Waals surface area (Å²) in [7, 11) is 0. The summed E-state index contributed by atoms with van der Waals surface area (Å²) in [6.07, 6.45) is 20.0. The summed E-state index contributed by atoms with van der Waals surface area (Å²) in [6, 6.07) is 0. The second kappa shape index (κ2) is 12.3. The lowest BCUT2D eigenvalue weighted by molar-refractivity contribution is -0.120. The summed E-state index contributed by atoms with van der Waals surface area (Å²) in [5, 5.41) is 3.35. The number of pyridine rings is 1. The van der Waals surface area contributed by atoms with Gasteiger partial charge in [-0.1, -0.05) is 71.1 Å². The molecule has 1 aromatic heterocycles. The minimum atomic E-state index is 0.145. The number of hydrogen-bond donors (Lipinski definition) is 1. The van der Waals surface area contributed by atoms with E-state index in [1.54, 1.807) is 0 Å². The molecule has 0 aromatic carbocycles. The van der Waals surface area contributed by atoms with E-state index >= 15 is 0 Å². The number of carbonyl (C=O) groups excluding carboxylic acids is 1. The number of amides is 1. The molecule has 0 aliphatic heterocycles. The maximum absolute atomic E-state index is 13.2. The largest absolute Gasteiger partial charge is 0.478 e. The van der Waals surface area contributed by atoms with Crippen molar-refractivity contribution in [3.05, 3.63) is 17.3 Å². The zero-order valence-corrected chi connectivity index (χ0v) is 19.3. The highest BCUT2D eigenvalue weighted by molar-refractivity contribution is 5.93. The number of carbonyl (C=O) groups is 1. The quantitative estimate of drug-likeness (QED) is 0.537. The Morgan fingerprint density at radius 3 is 2.07 bits per heavy atom. The van der Waals surface area contributed by atoms with Gasteiger partial charge in [-0.05, 0) is 50.5 Å². The number of rotatable bonds is 6. The van der Waals surface area contributed by atoms with Gasteiger partial charge >= 0.3 is 0 Å². The van der Waals surface area contributed by atoms with Crippen molar-refractivity contribution < 1.29 is 9.53 Å². The molecule has 0 unspecified atom stereocenters. The molecule has 2 saturated carbocycles. The fraction of sp³-hybridized carbons (Fsp3) is 0.769. The Hall–Kier alpha value is -1.58. The van der Waals surface area contributed by atoms with E-state index in [9.17, 15) is 4.79 Å². The lowest BCUT2D eigenvalue weighted by Gasteiger charge is -2.27. The molecule has 4 heteroatoms. The van der Waals surface area contributed by atoms with Crippen LogP contribution in [0.5, 0.6) is 5.88 Å². The molecular weight excluding hydrogens is 372 g/mol. The fourth-order valence-electron chi connectivity index (χ4n) is 5.42. The minimum absolute atomic E-state index is 0.145. The van der Waals surface area contributed by atoms with Gasteiger partial charge < -0.3 is 10.1 Å². The molecule has 0 saturated heterocycles. The van der Waals surface area contributed by atoms with Gasteiger partial charge in [0.15, 0.2) is 0 Å². The monoisotopic (exact) mass is 414 g/mol. The lowest BCUT2D eigenvalue weighted by Crippen LogP contribution is -2.25. The molecule has 168 valence electrons. The third-order valence-corrected chi connectivity index (χ3v) is 7.07. The highest BCUT2D eigenvalue weighted by Gasteiger charge is 2.26. The first-order valence-electron chi connectivity index (χ1n) is 12.7. The van der Waals surface area contributed by atoms with Gasteiger partial charge in [-0.2, -0.15) is 0 Å². The van der Waals surface area contributed by atoms with E-state index in [0.29, 0.717) is 12.5 Å². The molecule has 2 aliphatic carbocycles. The summed E-state index contributed by atoms with van der Waals surface area (Å²) in [5.41, 5.74) is 3.47. The van der Waals surface area contributed by atoms with Crippen LogP contribution in [0.1, 0.15) is 121 Å². The highest BCUT2D eigenvalue weighted by Crippen LogP contribution is 2.40. The summed E-state index contributed by atoms with van der Waals surface area (Å²) in [4.78, 5) is 17.9. The number of aromatic nitrogens is 1. The minimum Gasteiger partial charge on any atom is -0.478 e. The molecule has 0 bridgehead atoms. The predicted molar refractivity (Wildman–Crippen MR) is 124 cm³/mol. The molecule has 0 radical (unpaired) electrons. The van der Waals surface area contributed by atoms with Crippen molar-refractivity contribution in [2.24, 2.45) is 5.92 Å². The first-order valence-corrected chi connectivity index (χ1v) is 12.7. The van der Waals surface area contributed by atoms with Crippen molar-refractivity contribution in [3.8, 4) is 5.88 Å². The Morgan fingerprint density at radius 2 is 1.50 bits per heavy atom. The number of anilines is 1. The van der Waals surface area contributed by atoms with Gasteiger partial charge in [0.05, 0.1) is 18.5 Å². The van der Waals surface area contributed by atoms with Crippen LogP contribution in [0.15, 0.2) is 6.20 Å². The van der Waals surface area contributed by atoms with Gasteiger partial charge in [0.2, 0.25) is 11.8 Å². The molecular formula is C26H42N2O2. The SMILES string of the molecule is CCOc1ncc(NC(=O)C2CCCCCCC2)c(C2CCCCCCC2)c1CC. The van der Waals surface area contributed by atoms with Crippen molar-refractivity contribution >= 4 is 11.6 Å². The molecule has 1 aromatic rings. The average molecular weight is 415 g/mol. The third-order valence-electron chi connectivity index (χ3n) is 7.07. The van der Waals surface area contributed by atoms with Gasteiger partial charge in [0, 0.05) is 11.5 Å². The number of hydrogen-bond acceptors (Lipinski definition) is 3. The van der Waals surface area contributed by atoms with Crippen molar-refractivity contribution in [1.82, 2.24) is 4.98 Å². The van der Waals surface area contributed by atoms with Gasteiger partial charge in [-0.25, -0.2) is 4.98 Å². The zero-order chi connectivity index (χ0) is 21.2. The lowest BCUT2D eigenvalue weighted by atomic mass is 9.82. The van der Waals surface area contributed by atoms with Crippen LogP contribution in [-0.4, -0.2) is 17.5 Å². The average Bonchev–Trinajstić information content (AvgIpc) is 2.69. The Balaban J connectivity index is 1.88. The maximum atomic E-state index is 13.2. The Kier molecular flexibility index (Phi) is 9.48. The first-order chi connectivity index (χ1) is 14.7. The van der Waals surface area contributed by atoms with E-state index in [4.69, 9.17) is 4.74 Å². The van der Waals surface area contributed by atoms with Gasteiger partial charge in [0.25, 0.3) is 0 Å². The molecule has 4 nitrogen and oxygen atoms in total. The molecule has 30 heavy (non-hydrogen) atoms. The number of nitrogens with one attached hydrogen (secondary N) is 1. The third kappa shape index (κ3) is 6.21. The molecule has 2 aliphatic rings. The van der Waals surface area contributed by atoms with Gasteiger partial charge in [0.1, 0.15) is 0 Å². The second-order valence-corrected chi connectivity index (χ2v) is 9.23. The van der Waals surface area contributed by atoms with E-state index in [0.717, 1.165) is 30.8 Å². The maximum Gasteiger partial charge on any atom is 0.227 e. The molecule has 1 heterocycles. The van der Waals surface area contributed by atoms with E-state index in [-0.39, 0.29) is 11.8 Å². The first kappa shape index (κ1) is 23.1. The van der Waals surface area contributed by atoms with Crippen molar-refractivity contribution in [3.63, 3.8) is 0 Å². The van der Waals surface area contributed by atoms with E-state index in [1.165, 1.54) is 88.2 Å². The van der Waals surface area contributed by atoms with Crippen LogP contribution in [0.4, 0.5) is 5.69 Å². The normalized spacial score (nSPS) is 19.9. The highest BCUT2D eigenvalue weighted by atomic mass is 16.5. The van der Waals surface area contributed by atoms with Crippen LogP contribution in [0.25, 0.3) is 0 Å². The van der Waals surface area contributed by atoms with Crippen molar-refractivity contribution in [2.75, 3.05) is 11.9 Å². The smallest absolute Gasteiger partial charge is 0.227 e. The van der Waals surface area contributed by atoms with Gasteiger partial charge in [-0.15, -0.1) is 0 Å². The van der Waals surface area contributed by atoms with Crippen molar-refractivity contribution in [1.29, 1.82) is 0 Å². The van der Waals surface area contributed by atoms with E-state index < -0.39 is 0 Å². The van der Waals surface area contributed by atoms with Crippen molar-refractivity contribution in [2.45, 2.75) is 116 Å². The van der Waals surface area contributed by atoms with Gasteiger partial charge in [-0.3, -0.25) is 4.79 Å². The Morgan fingerprint density at radius 1 is 0.933 bits per heavy atom. The Bertz CT molecular complexity index is 657. The molecule has 1 amide bonds. The zero-order valence-electron chi connectivity index (χ0n) is 19.3. The van der Waals surface area contributed by atoms with Crippen LogP contribution >= 0.6 is 0 Å². The van der Waals surface area contributed by atoms with E-state index in [1.807, 2.05) is 13.1 Å². The fourth-order valence-corrected chi connectivity index (χ4v) is 5.42. The molecule has 0 atom stereocenters. The predicted octanol–water partition coefficient (Wildman–Crippen LogP) is 7.17. The molecule has 1 N–H and O–H groups in total. The standard InChI is InChI=1S/C26H42N2O2/c1-3-22-24(20-15-11-7-5-8-12-16-20)23(19-27-26(22)30-4-2)28-25(29)21-17-13-9-6-10-14-18-21/h19-21H,3-18H2,1-2H3,(H,28,29). The number of nitrogens with zero attached hydrogens (tertiary/aromatic N) is 1.